The van der Waals surface area contributed by atoms with E-state index in [-0.39, 0.29) is 29.6 Å². The zero-order valence-corrected chi connectivity index (χ0v) is 20.8. The van der Waals surface area contributed by atoms with Crippen LogP contribution in [0.15, 0.2) is 108 Å². The van der Waals surface area contributed by atoms with E-state index in [1.165, 1.54) is 10.8 Å². The SMILES string of the molecule is O=C(NC(Cc1ccccc1)C(=O)O)c1ncc2c(cc(-c3ccccc3)c(=O)n2Cc2ccccc2)c1O. The van der Waals surface area contributed by atoms with Gasteiger partial charge in [-0.1, -0.05) is 91.0 Å². The first-order valence-electron chi connectivity index (χ1n) is 12.3. The molecule has 0 radical (unpaired) electrons. The highest BCUT2D eigenvalue weighted by molar-refractivity contribution is 6.02. The molecule has 0 saturated carbocycles. The molecule has 0 saturated heterocycles. The number of rotatable bonds is 8. The number of aliphatic carboxylic acids is 1. The number of pyridine rings is 2. The Morgan fingerprint density at radius 1 is 0.872 bits per heavy atom. The van der Waals surface area contributed by atoms with Gasteiger partial charge < -0.3 is 20.1 Å². The molecule has 0 bridgehead atoms. The summed E-state index contributed by atoms with van der Waals surface area (Å²) in [5, 5.41) is 23.7. The molecule has 3 N–H and O–H groups in total. The average Bonchev–Trinajstić information content (AvgIpc) is 2.96. The van der Waals surface area contributed by atoms with Crippen molar-refractivity contribution < 1.29 is 19.8 Å². The predicted octanol–water partition coefficient (Wildman–Crippen LogP) is 4.24. The van der Waals surface area contributed by atoms with Crippen LogP contribution in [0.3, 0.4) is 0 Å². The highest BCUT2D eigenvalue weighted by Gasteiger charge is 2.25. The van der Waals surface area contributed by atoms with Gasteiger partial charge in [-0.2, -0.15) is 0 Å². The van der Waals surface area contributed by atoms with Gasteiger partial charge in [-0.3, -0.25) is 9.59 Å². The van der Waals surface area contributed by atoms with Crippen molar-refractivity contribution in [2.45, 2.75) is 19.0 Å². The Morgan fingerprint density at radius 3 is 2.08 bits per heavy atom. The van der Waals surface area contributed by atoms with E-state index in [0.29, 0.717) is 16.6 Å². The fourth-order valence-electron chi connectivity index (χ4n) is 4.51. The lowest BCUT2D eigenvalue weighted by Gasteiger charge is -2.17. The van der Waals surface area contributed by atoms with Crippen LogP contribution in [0.5, 0.6) is 5.75 Å². The van der Waals surface area contributed by atoms with Gasteiger partial charge in [0.15, 0.2) is 11.4 Å². The van der Waals surface area contributed by atoms with Gasteiger partial charge in [0, 0.05) is 17.4 Å². The molecule has 8 heteroatoms. The van der Waals surface area contributed by atoms with Gasteiger partial charge in [-0.15, -0.1) is 0 Å². The summed E-state index contributed by atoms with van der Waals surface area (Å²) in [5.41, 5.74) is 2.35. The van der Waals surface area contributed by atoms with E-state index in [2.05, 4.69) is 10.3 Å². The lowest BCUT2D eigenvalue weighted by molar-refractivity contribution is -0.139. The molecule has 0 fully saturated rings. The molecule has 8 nitrogen and oxygen atoms in total. The van der Waals surface area contributed by atoms with Gasteiger partial charge in [0.1, 0.15) is 6.04 Å². The first-order chi connectivity index (χ1) is 18.9. The van der Waals surface area contributed by atoms with E-state index in [4.69, 9.17) is 0 Å². The maximum absolute atomic E-state index is 13.6. The number of hydrogen-bond donors (Lipinski definition) is 3. The molecular formula is C31H25N3O5. The van der Waals surface area contributed by atoms with Crippen LogP contribution in [0.1, 0.15) is 21.6 Å². The number of carbonyl (C=O) groups excluding carboxylic acids is 1. The molecule has 3 aromatic carbocycles. The molecular weight excluding hydrogens is 494 g/mol. The summed E-state index contributed by atoms with van der Waals surface area (Å²) in [6.07, 6.45) is 1.42. The summed E-state index contributed by atoms with van der Waals surface area (Å²) in [6.45, 7) is 0.224. The van der Waals surface area contributed by atoms with E-state index in [1.54, 1.807) is 42.5 Å². The molecule has 0 aliphatic carbocycles. The third kappa shape index (κ3) is 5.40. The third-order valence-electron chi connectivity index (χ3n) is 6.50. The van der Waals surface area contributed by atoms with E-state index >= 15 is 0 Å². The van der Waals surface area contributed by atoms with Crippen molar-refractivity contribution in [3.8, 4) is 16.9 Å². The molecule has 1 atom stereocenters. The van der Waals surface area contributed by atoms with Crippen LogP contribution in [0.4, 0.5) is 0 Å². The van der Waals surface area contributed by atoms with Gasteiger partial charge in [0.25, 0.3) is 11.5 Å². The molecule has 1 amide bonds. The van der Waals surface area contributed by atoms with Crippen molar-refractivity contribution >= 4 is 22.8 Å². The number of aromatic nitrogens is 2. The summed E-state index contributed by atoms with van der Waals surface area (Å²) in [7, 11) is 0. The van der Waals surface area contributed by atoms with Gasteiger partial charge in [-0.25, -0.2) is 9.78 Å². The number of carbonyl (C=O) groups is 2. The zero-order valence-electron chi connectivity index (χ0n) is 20.8. The number of fused-ring (bicyclic) bond motifs is 1. The second-order valence-corrected chi connectivity index (χ2v) is 9.11. The minimum absolute atomic E-state index is 0.0605. The number of carboxylic acid groups (broad SMARTS) is 1. The summed E-state index contributed by atoms with van der Waals surface area (Å²) in [5.74, 6) is -2.48. The van der Waals surface area contributed by atoms with Crippen LogP contribution < -0.4 is 10.9 Å². The molecule has 5 aromatic rings. The predicted molar refractivity (Wildman–Crippen MR) is 148 cm³/mol. The highest BCUT2D eigenvalue weighted by atomic mass is 16.4. The second kappa shape index (κ2) is 11.0. The van der Waals surface area contributed by atoms with Crippen molar-refractivity contribution in [3.63, 3.8) is 0 Å². The van der Waals surface area contributed by atoms with Crippen molar-refractivity contribution in [2.24, 2.45) is 0 Å². The lowest BCUT2D eigenvalue weighted by Crippen LogP contribution is -2.42. The Kier molecular flexibility index (Phi) is 7.18. The van der Waals surface area contributed by atoms with E-state index in [9.17, 15) is 24.6 Å². The van der Waals surface area contributed by atoms with Crippen molar-refractivity contribution in [3.05, 3.63) is 130 Å². The molecule has 1 unspecified atom stereocenters. The zero-order chi connectivity index (χ0) is 27.4. The number of hydrogen-bond acceptors (Lipinski definition) is 5. The van der Waals surface area contributed by atoms with Gasteiger partial charge in [0.05, 0.1) is 18.3 Å². The molecule has 0 aliphatic rings. The standard InChI is InChI=1S/C31H25N3O5/c35-28-24-17-23(22-14-8-3-9-15-22)30(37)34(19-21-12-6-2-7-13-21)26(24)18-32-27(28)29(36)33-25(31(38)39)16-20-10-4-1-5-11-20/h1-15,17-18,25,35H,16,19H2,(H,33,36)(H,38,39). The fraction of sp³-hybridized carbons (Fsp3) is 0.0968. The van der Waals surface area contributed by atoms with E-state index in [1.807, 2.05) is 54.6 Å². The largest absolute Gasteiger partial charge is 0.505 e. The van der Waals surface area contributed by atoms with Crippen molar-refractivity contribution in [2.75, 3.05) is 0 Å². The van der Waals surface area contributed by atoms with E-state index < -0.39 is 23.7 Å². The number of nitrogens with one attached hydrogen (secondary N) is 1. The summed E-state index contributed by atoms with van der Waals surface area (Å²) < 4.78 is 1.51. The first-order valence-corrected chi connectivity index (χ1v) is 12.3. The highest BCUT2D eigenvalue weighted by Crippen LogP contribution is 2.30. The molecule has 2 aromatic heterocycles. The number of carboxylic acids is 1. The van der Waals surface area contributed by atoms with Crippen LogP contribution >= 0.6 is 0 Å². The quantitative estimate of drug-likeness (QED) is 0.282. The first kappa shape index (κ1) is 25.4. The Balaban J connectivity index is 1.59. The number of aromatic hydroxyl groups is 1. The Morgan fingerprint density at radius 2 is 1.46 bits per heavy atom. The van der Waals surface area contributed by atoms with E-state index in [0.717, 1.165) is 11.1 Å². The molecule has 2 heterocycles. The average molecular weight is 520 g/mol. The van der Waals surface area contributed by atoms with Crippen LogP contribution in [-0.2, 0) is 17.8 Å². The second-order valence-electron chi connectivity index (χ2n) is 9.11. The minimum Gasteiger partial charge on any atom is -0.505 e. The number of nitrogens with zero attached hydrogens (tertiary/aromatic N) is 2. The number of benzene rings is 3. The summed E-state index contributed by atoms with van der Waals surface area (Å²) >= 11 is 0. The maximum atomic E-state index is 13.6. The molecule has 5 rings (SSSR count). The summed E-state index contributed by atoms with van der Waals surface area (Å²) in [4.78, 5) is 42.8. The van der Waals surface area contributed by atoms with Crippen LogP contribution in [0, 0.1) is 0 Å². The number of amides is 1. The van der Waals surface area contributed by atoms with Crippen LogP contribution in [0.25, 0.3) is 22.0 Å². The van der Waals surface area contributed by atoms with Crippen molar-refractivity contribution in [1.82, 2.24) is 14.9 Å². The third-order valence-corrected chi connectivity index (χ3v) is 6.50. The van der Waals surface area contributed by atoms with Crippen molar-refractivity contribution in [1.29, 1.82) is 0 Å². The molecule has 39 heavy (non-hydrogen) atoms. The monoisotopic (exact) mass is 519 g/mol. The topological polar surface area (TPSA) is 122 Å². The van der Waals surface area contributed by atoms with Crippen LogP contribution in [0.2, 0.25) is 0 Å². The smallest absolute Gasteiger partial charge is 0.326 e. The maximum Gasteiger partial charge on any atom is 0.326 e. The Labute approximate surface area is 223 Å². The fourth-order valence-corrected chi connectivity index (χ4v) is 4.51. The van der Waals surface area contributed by atoms with Crippen LogP contribution in [-0.4, -0.2) is 37.7 Å². The normalized spacial score (nSPS) is 11.7. The molecule has 0 spiro atoms. The van der Waals surface area contributed by atoms with Gasteiger partial charge in [-0.05, 0) is 22.8 Å². The molecule has 0 aliphatic heterocycles. The Bertz CT molecular complexity index is 1700. The Hall–Kier alpha value is -5.24. The van der Waals surface area contributed by atoms with Gasteiger partial charge >= 0.3 is 5.97 Å². The lowest BCUT2D eigenvalue weighted by atomic mass is 10.0. The summed E-state index contributed by atoms with van der Waals surface area (Å²) in [6, 6.07) is 27.7. The molecule has 194 valence electrons. The minimum atomic E-state index is -1.23. The van der Waals surface area contributed by atoms with Gasteiger partial charge in [0.2, 0.25) is 0 Å².